The summed E-state index contributed by atoms with van der Waals surface area (Å²) in [6.45, 7) is 5.86. The number of carbonyl (C=O) groups is 1. The van der Waals surface area contributed by atoms with E-state index in [1.807, 2.05) is 66.4 Å². The Hall–Kier alpha value is -3.61. The van der Waals surface area contributed by atoms with Gasteiger partial charge in [0.05, 0.1) is 12.2 Å². The zero-order chi connectivity index (χ0) is 21.5. The Balaban J connectivity index is 1.32. The van der Waals surface area contributed by atoms with Crippen molar-refractivity contribution in [1.82, 2.24) is 15.1 Å². The zero-order valence-electron chi connectivity index (χ0n) is 17.7. The normalized spacial score (nSPS) is 13.7. The number of amides is 1. The highest BCUT2D eigenvalue weighted by Crippen LogP contribution is 2.22. The van der Waals surface area contributed by atoms with Gasteiger partial charge < -0.3 is 19.9 Å². The van der Waals surface area contributed by atoms with Gasteiger partial charge in [0.15, 0.2) is 5.82 Å². The summed E-state index contributed by atoms with van der Waals surface area (Å²) in [5.74, 6) is 2.22. The van der Waals surface area contributed by atoms with Crippen LogP contribution in [0.3, 0.4) is 0 Å². The highest BCUT2D eigenvalue weighted by Gasteiger charge is 2.25. The SMILES string of the molecule is CCOc1ccccc1C(=O)N1CCN(c2ccc(NCc3ccccc3)nn2)CC1. The summed E-state index contributed by atoms with van der Waals surface area (Å²) in [6.07, 6.45) is 0. The van der Waals surface area contributed by atoms with Crippen LogP contribution in [0.2, 0.25) is 0 Å². The quantitative estimate of drug-likeness (QED) is 0.635. The van der Waals surface area contributed by atoms with Crippen molar-refractivity contribution < 1.29 is 9.53 Å². The second kappa shape index (κ2) is 9.93. The van der Waals surface area contributed by atoms with Gasteiger partial charge in [-0.15, -0.1) is 10.2 Å². The molecule has 1 aliphatic heterocycles. The van der Waals surface area contributed by atoms with Gasteiger partial charge in [0, 0.05) is 32.7 Å². The van der Waals surface area contributed by atoms with Crippen LogP contribution < -0.4 is 15.0 Å². The van der Waals surface area contributed by atoms with E-state index in [0.717, 1.165) is 11.6 Å². The first-order chi connectivity index (χ1) is 15.2. The average molecular weight is 418 g/mol. The van der Waals surface area contributed by atoms with Crippen molar-refractivity contribution >= 4 is 17.5 Å². The number of nitrogens with one attached hydrogen (secondary N) is 1. The maximum Gasteiger partial charge on any atom is 0.257 e. The van der Waals surface area contributed by atoms with E-state index in [0.29, 0.717) is 50.6 Å². The fourth-order valence-corrected chi connectivity index (χ4v) is 3.61. The third-order valence-electron chi connectivity index (χ3n) is 5.28. The molecule has 0 bridgehead atoms. The van der Waals surface area contributed by atoms with Crippen LogP contribution in [0.15, 0.2) is 66.7 Å². The molecule has 7 heteroatoms. The smallest absolute Gasteiger partial charge is 0.257 e. The fourth-order valence-electron chi connectivity index (χ4n) is 3.61. The molecule has 0 radical (unpaired) electrons. The molecule has 4 rings (SSSR count). The van der Waals surface area contributed by atoms with Crippen LogP contribution in [-0.2, 0) is 6.54 Å². The van der Waals surface area contributed by atoms with Gasteiger partial charge in [-0.05, 0) is 36.8 Å². The van der Waals surface area contributed by atoms with Gasteiger partial charge in [0.1, 0.15) is 11.6 Å². The predicted molar refractivity (Wildman–Crippen MR) is 122 cm³/mol. The number of nitrogens with zero attached hydrogens (tertiary/aromatic N) is 4. The molecule has 7 nitrogen and oxygen atoms in total. The van der Waals surface area contributed by atoms with E-state index in [1.54, 1.807) is 0 Å². The molecule has 2 heterocycles. The molecule has 1 amide bonds. The lowest BCUT2D eigenvalue weighted by Gasteiger charge is -2.35. The van der Waals surface area contributed by atoms with E-state index in [4.69, 9.17) is 4.74 Å². The predicted octanol–water partition coefficient (Wildman–Crippen LogP) is 3.45. The number of aromatic nitrogens is 2. The Labute approximate surface area is 182 Å². The minimum absolute atomic E-state index is 0.00949. The molecule has 0 unspecified atom stereocenters. The van der Waals surface area contributed by atoms with E-state index >= 15 is 0 Å². The highest BCUT2D eigenvalue weighted by molar-refractivity contribution is 5.97. The monoisotopic (exact) mass is 417 g/mol. The van der Waals surface area contributed by atoms with E-state index in [-0.39, 0.29) is 5.91 Å². The first-order valence-electron chi connectivity index (χ1n) is 10.6. The van der Waals surface area contributed by atoms with Crippen LogP contribution in [0, 0.1) is 0 Å². The molecule has 1 aliphatic rings. The van der Waals surface area contributed by atoms with Gasteiger partial charge in [-0.1, -0.05) is 42.5 Å². The molecule has 2 aromatic carbocycles. The molecular weight excluding hydrogens is 390 g/mol. The van der Waals surface area contributed by atoms with Crippen molar-refractivity contribution in [1.29, 1.82) is 0 Å². The second-order valence-corrected chi connectivity index (χ2v) is 7.32. The molecule has 3 aromatic rings. The van der Waals surface area contributed by atoms with Gasteiger partial charge in [-0.25, -0.2) is 0 Å². The summed E-state index contributed by atoms with van der Waals surface area (Å²) in [6, 6.07) is 21.5. The number of ether oxygens (including phenoxy) is 1. The van der Waals surface area contributed by atoms with Gasteiger partial charge >= 0.3 is 0 Å². The van der Waals surface area contributed by atoms with Gasteiger partial charge in [-0.2, -0.15) is 0 Å². The first kappa shape index (κ1) is 20.7. The Morgan fingerprint density at radius 1 is 0.935 bits per heavy atom. The van der Waals surface area contributed by atoms with Crippen LogP contribution in [0.25, 0.3) is 0 Å². The number of para-hydroxylation sites is 1. The summed E-state index contributed by atoms with van der Waals surface area (Å²) in [5.41, 5.74) is 1.81. The van der Waals surface area contributed by atoms with Crippen LogP contribution in [-0.4, -0.2) is 53.8 Å². The molecule has 1 fully saturated rings. The van der Waals surface area contributed by atoms with Gasteiger partial charge in [0.2, 0.25) is 0 Å². The summed E-state index contributed by atoms with van der Waals surface area (Å²) in [5, 5.41) is 12.0. The first-order valence-corrected chi connectivity index (χ1v) is 10.6. The third kappa shape index (κ3) is 5.12. The average Bonchev–Trinajstić information content (AvgIpc) is 2.84. The lowest BCUT2D eigenvalue weighted by molar-refractivity contribution is 0.0742. The van der Waals surface area contributed by atoms with Crippen molar-refractivity contribution in [3.63, 3.8) is 0 Å². The molecule has 0 spiro atoms. The lowest BCUT2D eigenvalue weighted by Crippen LogP contribution is -2.49. The Bertz CT molecular complexity index is 986. The van der Waals surface area contributed by atoms with Crippen LogP contribution in [0.4, 0.5) is 11.6 Å². The topological polar surface area (TPSA) is 70.6 Å². The zero-order valence-corrected chi connectivity index (χ0v) is 17.7. The number of piperazine rings is 1. The van der Waals surface area contributed by atoms with Crippen molar-refractivity contribution in [3.05, 3.63) is 77.9 Å². The highest BCUT2D eigenvalue weighted by atomic mass is 16.5. The Morgan fingerprint density at radius 3 is 2.39 bits per heavy atom. The van der Waals surface area contributed by atoms with Crippen molar-refractivity contribution in [2.75, 3.05) is 43.0 Å². The lowest BCUT2D eigenvalue weighted by atomic mass is 10.1. The molecule has 1 saturated heterocycles. The molecule has 160 valence electrons. The van der Waals surface area contributed by atoms with E-state index in [9.17, 15) is 4.79 Å². The summed E-state index contributed by atoms with van der Waals surface area (Å²) in [4.78, 5) is 17.0. The summed E-state index contributed by atoms with van der Waals surface area (Å²) >= 11 is 0. The molecule has 0 atom stereocenters. The standard InChI is InChI=1S/C24H27N5O2/c1-2-31-21-11-7-6-10-20(21)24(30)29-16-14-28(15-17-29)23-13-12-22(26-27-23)25-18-19-8-4-3-5-9-19/h3-13H,2,14-18H2,1H3,(H,25,26). The maximum absolute atomic E-state index is 13.0. The van der Waals surface area contributed by atoms with E-state index in [2.05, 4.69) is 32.5 Å². The second-order valence-electron chi connectivity index (χ2n) is 7.32. The van der Waals surface area contributed by atoms with E-state index in [1.165, 1.54) is 5.56 Å². The number of anilines is 2. The molecule has 31 heavy (non-hydrogen) atoms. The number of hydrogen-bond donors (Lipinski definition) is 1. The molecule has 1 N–H and O–H groups in total. The Morgan fingerprint density at radius 2 is 1.68 bits per heavy atom. The molecule has 0 aliphatic carbocycles. The van der Waals surface area contributed by atoms with Crippen molar-refractivity contribution in [2.24, 2.45) is 0 Å². The Kier molecular flexibility index (Phi) is 6.62. The van der Waals surface area contributed by atoms with Crippen molar-refractivity contribution in [2.45, 2.75) is 13.5 Å². The van der Waals surface area contributed by atoms with E-state index < -0.39 is 0 Å². The summed E-state index contributed by atoms with van der Waals surface area (Å²) in [7, 11) is 0. The number of benzene rings is 2. The van der Waals surface area contributed by atoms with Gasteiger partial charge in [-0.3, -0.25) is 4.79 Å². The minimum atomic E-state index is 0.00949. The number of carbonyl (C=O) groups excluding carboxylic acids is 1. The summed E-state index contributed by atoms with van der Waals surface area (Å²) < 4.78 is 5.62. The largest absolute Gasteiger partial charge is 0.493 e. The van der Waals surface area contributed by atoms with Gasteiger partial charge in [0.25, 0.3) is 5.91 Å². The van der Waals surface area contributed by atoms with Crippen molar-refractivity contribution in [3.8, 4) is 5.75 Å². The van der Waals surface area contributed by atoms with Crippen LogP contribution in [0.1, 0.15) is 22.8 Å². The number of rotatable bonds is 7. The molecule has 1 aromatic heterocycles. The number of hydrogen-bond acceptors (Lipinski definition) is 6. The molecular formula is C24H27N5O2. The third-order valence-corrected chi connectivity index (χ3v) is 5.28. The maximum atomic E-state index is 13.0. The minimum Gasteiger partial charge on any atom is -0.493 e. The molecule has 0 saturated carbocycles. The van der Waals surface area contributed by atoms with Crippen LogP contribution >= 0.6 is 0 Å². The fraction of sp³-hybridized carbons (Fsp3) is 0.292. The van der Waals surface area contributed by atoms with Crippen LogP contribution in [0.5, 0.6) is 5.75 Å².